The minimum absolute atomic E-state index is 0.0382. The summed E-state index contributed by atoms with van der Waals surface area (Å²) in [6.07, 6.45) is 0.582. The number of rotatable bonds is 6. The molecule has 0 unspecified atom stereocenters. The van der Waals surface area contributed by atoms with Gasteiger partial charge < -0.3 is 5.32 Å². The van der Waals surface area contributed by atoms with Gasteiger partial charge in [-0.2, -0.15) is 16.9 Å². The Hall–Kier alpha value is -0.970. The van der Waals surface area contributed by atoms with Crippen LogP contribution in [0.25, 0.3) is 0 Å². The molecule has 0 aliphatic heterocycles. The van der Waals surface area contributed by atoms with Crippen LogP contribution < -0.4 is 5.32 Å². The van der Waals surface area contributed by atoms with Crippen LogP contribution in [0.3, 0.4) is 0 Å². The Morgan fingerprint density at radius 1 is 1.50 bits per heavy atom. The second-order valence-corrected chi connectivity index (χ2v) is 6.65. The van der Waals surface area contributed by atoms with Gasteiger partial charge in [0.05, 0.1) is 17.9 Å². The third kappa shape index (κ3) is 5.12. The van der Waals surface area contributed by atoms with Gasteiger partial charge in [-0.05, 0) is 11.8 Å². The van der Waals surface area contributed by atoms with E-state index in [1.54, 1.807) is 11.8 Å². The molecule has 1 aromatic rings. The molecule has 1 rings (SSSR count). The lowest BCUT2D eigenvalue weighted by Gasteiger charge is -2.13. The first kappa shape index (κ1) is 15.1. The van der Waals surface area contributed by atoms with E-state index in [0.717, 1.165) is 22.9 Å². The highest BCUT2D eigenvalue weighted by molar-refractivity contribution is 7.99. The summed E-state index contributed by atoms with van der Waals surface area (Å²) in [5, 5.41) is 10.1. The fourth-order valence-corrected chi connectivity index (χ4v) is 2.05. The van der Waals surface area contributed by atoms with Crippen molar-refractivity contribution in [2.24, 2.45) is 0 Å². The van der Waals surface area contributed by atoms with Crippen LogP contribution in [-0.4, -0.2) is 27.6 Å². The first-order valence-corrected chi connectivity index (χ1v) is 7.48. The van der Waals surface area contributed by atoms with Crippen LogP contribution in [0.15, 0.2) is 6.07 Å². The highest BCUT2D eigenvalue weighted by Gasteiger charge is 2.17. The molecule has 102 valence electrons. The zero-order valence-corrected chi connectivity index (χ0v) is 12.5. The highest BCUT2D eigenvalue weighted by Crippen LogP contribution is 2.20. The highest BCUT2D eigenvalue weighted by atomic mass is 32.2. The lowest BCUT2D eigenvalue weighted by molar-refractivity contribution is -0.120. The van der Waals surface area contributed by atoms with Crippen LogP contribution in [0.5, 0.6) is 0 Å². The van der Waals surface area contributed by atoms with Crippen LogP contribution in [0.2, 0.25) is 0 Å². The van der Waals surface area contributed by atoms with Crippen LogP contribution in [-0.2, 0) is 16.8 Å². The maximum absolute atomic E-state index is 11.5. The van der Waals surface area contributed by atoms with Crippen molar-refractivity contribution in [2.75, 3.05) is 11.5 Å². The molecule has 0 aliphatic carbocycles. The largest absolute Gasteiger partial charge is 0.350 e. The molecule has 0 aromatic carbocycles. The van der Waals surface area contributed by atoms with Gasteiger partial charge in [-0.3, -0.25) is 9.89 Å². The van der Waals surface area contributed by atoms with Crippen molar-refractivity contribution in [1.29, 1.82) is 0 Å². The van der Waals surface area contributed by atoms with Gasteiger partial charge in [-0.1, -0.05) is 27.7 Å². The molecular formula is C13H23N3OS. The zero-order valence-electron chi connectivity index (χ0n) is 11.7. The quantitative estimate of drug-likeness (QED) is 0.780. The van der Waals surface area contributed by atoms with Gasteiger partial charge in [-0.15, -0.1) is 0 Å². The van der Waals surface area contributed by atoms with Crippen molar-refractivity contribution in [3.8, 4) is 0 Å². The third-order valence-electron chi connectivity index (χ3n) is 2.55. The summed E-state index contributed by atoms with van der Waals surface area (Å²) in [5.74, 6) is 2.05. The molecule has 1 amide bonds. The average molecular weight is 269 g/mol. The number of carbonyl (C=O) groups excluding carboxylic acids is 1. The van der Waals surface area contributed by atoms with E-state index in [0.29, 0.717) is 13.0 Å². The molecule has 4 nitrogen and oxygen atoms in total. The van der Waals surface area contributed by atoms with Crippen molar-refractivity contribution in [3.63, 3.8) is 0 Å². The predicted molar refractivity (Wildman–Crippen MR) is 76.8 cm³/mol. The van der Waals surface area contributed by atoms with Crippen molar-refractivity contribution < 1.29 is 4.79 Å². The van der Waals surface area contributed by atoms with Gasteiger partial charge in [0.25, 0.3) is 0 Å². The second kappa shape index (κ2) is 6.83. The van der Waals surface area contributed by atoms with Crippen LogP contribution >= 0.6 is 11.8 Å². The van der Waals surface area contributed by atoms with Crippen molar-refractivity contribution in [1.82, 2.24) is 15.5 Å². The molecule has 0 fully saturated rings. The minimum atomic E-state index is 0.0382. The summed E-state index contributed by atoms with van der Waals surface area (Å²) in [7, 11) is 0. The number of carbonyl (C=O) groups is 1. The van der Waals surface area contributed by atoms with E-state index in [2.05, 4.69) is 43.2 Å². The standard InChI is InChI=1S/C13H23N3OS/c1-5-18-7-6-12(17)14-9-10-8-11(16-15-10)13(2,3)4/h8H,5-7,9H2,1-4H3,(H,14,17)(H,15,16). The van der Waals surface area contributed by atoms with Gasteiger partial charge in [-0.25, -0.2) is 0 Å². The van der Waals surface area contributed by atoms with Gasteiger partial charge in [0, 0.05) is 17.6 Å². The molecular weight excluding hydrogens is 246 g/mol. The number of nitrogens with one attached hydrogen (secondary N) is 2. The Balaban J connectivity index is 2.35. The fraction of sp³-hybridized carbons (Fsp3) is 0.692. The molecule has 0 saturated heterocycles. The Morgan fingerprint density at radius 2 is 2.22 bits per heavy atom. The average Bonchev–Trinajstić information content (AvgIpc) is 2.75. The van der Waals surface area contributed by atoms with E-state index in [1.807, 2.05) is 6.07 Å². The van der Waals surface area contributed by atoms with E-state index in [9.17, 15) is 4.79 Å². The molecule has 0 radical (unpaired) electrons. The maximum atomic E-state index is 11.5. The Labute approximate surface area is 113 Å². The number of hydrogen-bond acceptors (Lipinski definition) is 3. The normalized spacial score (nSPS) is 11.6. The van der Waals surface area contributed by atoms with E-state index in [1.165, 1.54) is 0 Å². The third-order valence-corrected chi connectivity index (χ3v) is 3.45. The Kier molecular flexibility index (Phi) is 5.72. The van der Waals surface area contributed by atoms with Crippen molar-refractivity contribution in [2.45, 2.75) is 46.1 Å². The number of aromatic nitrogens is 2. The summed E-state index contributed by atoms with van der Waals surface area (Å²) in [5.41, 5.74) is 2.01. The zero-order chi connectivity index (χ0) is 13.6. The van der Waals surface area contributed by atoms with Gasteiger partial charge in [0.15, 0.2) is 0 Å². The van der Waals surface area contributed by atoms with Gasteiger partial charge in [0.2, 0.25) is 5.91 Å². The Bertz CT molecular complexity index is 382. The van der Waals surface area contributed by atoms with Crippen molar-refractivity contribution >= 4 is 17.7 Å². The molecule has 18 heavy (non-hydrogen) atoms. The number of aromatic amines is 1. The predicted octanol–water partition coefficient (Wildman–Crippen LogP) is 2.47. The summed E-state index contributed by atoms with van der Waals surface area (Å²) < 4.78 is 0. The fourth-order valence-electron chi connectivity index (χ4n) is 1.43. The van der Waals surface area contributed by atoms with E-state index in [4.69, 9.17) is 0 Å². The molecule has 0 atom stereocenters. The van der Waals surface area contributed by atoms with Crippen LogP contribution in [0.4, 0.5) is 0 Å². The number of nitrogens with zero attached hydrogens (tertiary/aromatic N) is 1. The SMILES string of the molecule is CCSCCC(=O)NCc1cc(C(C)(C)C)n[nH]1. The molecule has 0 saturated carbocycles. The second-order valence-electron chi connectivity index (χ2n) is 5.25. The van der Waals surface area contributed by atoms with Crippen LogP contribution in [0, 0.1) is 0 Å². The van der Waals surface area contributed by atoms with E-state index in [-0.39, 0.29) is 11.3 Å². The summed E-state index contributed by atoms with van der Waals surface area (Å²) in [4.78, 5) is 11.5. The van der Waals surface area contributed by atoms with Gasteiger partial charge >= 0.3 is 0 Å². The number of hydrogen-bond donors (Lipinski definition) is 2. The molecule has 2 N–H and O–H groups in total. The minimum Gasteiger partial charge on any atom is -0.350 e. The van der Waals surface area contributed by atoms with Gasteiger partial charge in [0.1, 0.15) is 0 Å². The van der Waals surface area contributed by atoms with E-state index < -0.39 is 0 Å². The lowest BCUT2D eigenvalue weighted by Crippen LogP contribution is -2.23. The molecule has 1 heterocycles. The molecule has 0 spiro atoms. The topological polar surface area (TPSA) is 57.8 Å². The number of thioether (sulfide) groups is 1. The molecule has 1 aromatic heterocycles. The monoisotopic (exact) mass is 269 g/mol. The summed E-state index contributed by atoms with van der Waals surface area (Å²) in [6.45, 7) is 8.98. The maximum Gasteiger partial charge on any atom is 0.221 e. The smallest absolute Gasteiger partial charge is 0.221 e. The number of amides is 1. The van der Waals surface area contributed by atoms with E-state index >= 15 is 0 Å². The summed E-state index contributed by atoms with van der Waals surface area (Å²) in [6, 6.07) is 2.01. The molecule has 0 bridgehead atoms. The first-order chi connectivity index (χ1) is 8.43. The first-order valence-electron chi connectivity index (χ1n) is 6.32. The lowest BCUT2D eigenvalue weighted by atomic mass is 9.92. The van der Waals surface area contributed by atoms with Crippen LogP contribution in [0.1, 0.15) is 45.5 Å². The van der Waals surface area contributed by atoms with Crippen molar-refractivity contribution in [3.05, 3.63) is 17.5 Å². The summed E-state index contributed by atoms with van der Waals surface area (Å²) >= 11 is 1.78. The molecule has 5 heteroatoms. The number of H-pyrrole nitrogens is 1. The Morgan fingerprint density at radius 3 is 2.78 bits per heavy atom. The molecule has 0 aliphatic rings.